The fourth-order valence-corrected chi connectivity index (χ4v) is 6.51. The van der Waals surface area contributed by atoms with E-state index in [-0.39, 0.29) is 19.4 Å². The number of piperidine rings is 2. The molecule has 9 nitrogen and oxygen atoms in total. The summed E-state index contributed by atoms with van der Waals surface area (Å²) in [5.74, 6) is 0.0425. The largest absolute Gasteiger partial charge is 0.488 e. The summed E-state index contributed by atoms with van der Waals surface area (Å²) in [6.07, 6.45) is 10.1. The molecular formula is C29H38N2O7S. The van der Waals surface area contributed by atoms with Crippen LogP contribution in [0.4, 0.5) is 0 Å². The number of rotatable bonds is 6. The van der Waals surface area contributed by atoms with Crippen molar-refractivity contribution in [3.05, 3.63) is 57.3 Å². The number of carboxylic acids is 1. The molecule has 3 aliphatic rings. The number of hydrogen-bond donors (Lipinski definition) is 3. The van der Waals surface area contributed by atoms with Gasteiger partial charge in [-0.25, -0.2) is 0 Å². The van der Waals surface area contributed by atoms with Gasteiger partial charge in [0, 0.05) is 28.6 Å². The molecule has 2 fully saturated rings. The van der Waals surface area contributed by atoms with Gasteiger partial charge in [0.25, 0.3) is 12.9 Å². The van der Waals surface area contributed by atoms with Crippen LogP contribution in [-0.4, -0.2) is 82.8 Å². The van der Waals surface area contributed by atoms with Gasteiger partial charge >= 0.3 is 5.97 Å². The van der Waals surface area contributed by atoms with E-state index in [2.05, 4.69) is 27.3 Å². The van der Waals surface area contributed by atoms with Crippen LogP contribution in [0.5, 0.6) is 5.75 Å². The van der Waals surface area contributed by atoms with Crippen LogP contribution in [-0.2, 0) is 27.4 Å². The van der Waals surface area contributed by atoms with Crippen molar-refractivity contribution in [3.8, 4) is 5.75 Å². The number of likely N-dealkylation sites (tertiary alicyclic amines) is 2. The number of nitrogens with zero attached hydrogens (tertiary/aromatic N) is 2. The Kier molecular flexibility index (Phi) is 12.5. The summed E-state index contributed by atoms with van der Waals surface area (Å²) < 4.78 is 6.09. The zero-order valence-corrected chi connectivity index (χ0v) is 23.0. The number of aliphatic carboxylic acids is 1. The summed E-state index contributed by atoms with van der Waals surface area (Å²) >= 11 is 1.75. The van der Waals surface area contributed by atoms with Gasteiger partial charge in [0.05, 0.1) is 6.42 Å². The van der Waals surface area contributed by atoms with Gasteiger partial charge in [-0.1, -0.05) is 18.6 Å². The molecule has 1 aromatic carbocycles. The first-order valence-electron chi connectivity index (χ1n) is 13.4. The lowest BCUT2D eigenvalue weighted by atomic mass is 9.97. The van der Waals surface area contributed by atoms with Gasteiger partial charge in [0.15, 0.2) is 0 Å². The summed E-state index contributed by atoms with van der Waals surface area (Å²) in [6, 6.07) is 8.74. The number of hydrogen-bond acceptors (Lipinski definition) is 7. The molecule has 0 radical (unpaired) electrons. The molecule has 0 bridgehead atoms. The summed E-state index contributed by atoms with van der Waals surface area (Å²) in [5, 5.41) is 25.2. The Morgan fingerprint density at radius 3 is 2.38 bits per heavy atom. The van der Waals surface area contributed by atoms with E-state index in [1.54, 1.807) is 11.3 Å². The Balaban J connectivity index is 0.000000643. The van der Waals surface area contributed by atoms with Crippen molar-refractivity contribution < 1.29 is 34.4 Å². The van der Waals surface area contributed by atoms with E-state index >= 15 is 0 Å². The Morgan fingerprint density at radius 2 is 1.72 bits per heavy atom. The number of fused-ring (bicyclic) bond motifs is 2. The highest BCUT2D eigenvalue weighted by molar-refractivity contribution is 7.11. The van der Waals surface area contributed by atoms with Crippen LogP contribution in [0.15, 0.2) is 35.7 Å². The second-order valence-corrected chi connectivity index (χ2v) is 10.7. The van der Waals surface area contributed by atoms with Gasteiger partial charge < -0.3 is 29.9 Å². The SMILES string of the molecule is O=C(O)Cc1ccc2c(c1)/C(=C/CCN1CCC(N3CCCCC3)CC1)c1sccc1CO2.O=CO.O=CO. The third-order valence-electron chi connectivity index (χ3n) is 7.32. The zero-order chi connectivity index (χ0) is 28.0. The molecule has 2 aromatic rings. The monoisotopic (exact) mass is 558 g/mol. The third-order valence-corrected chi connectivity index (χ3v) is 8.31. The Labute approximate surface area is 233 Å². The molecule has 0 atom stereocenters. The minimum Gasteiger partial charge on any atom is -0.488 e. The second kappa shape index (κ2) is 16.0. The van der Waals surface area contributed by atoms with E-state index in [0.717, 1.165) is 35.9 Å². The zero-order valence-electron chi connectivity index (χ0n) is 22.2. The minimum atomic E-state index is -0.806. The van der Waals surface area contributed by atoms with Crippen LogP contribution in [0.25, 0.3) is 5.57 Å². The third kappa shape index (κ3) is 8.91. The first-order valence-corrected chi connectivity index (χ1v) is 14.3. The standard InChI is InChI=1S/C27H34N2O3S.2CH2O2/c30-26(31)18-20-6-7-25-24(17-20)23(27-21(19-32-25)10-16-33-27)5-4-11-28-14-8-22(9-15-28)29-12-2-1-3-13-29;2*2-1-3/h5-7,10,16-17,22H,1-4,8-9,11-15,18-19H2,(H,30,31);2*1H,(H,2,3)/b23-5-;;. The lowest BCUT2D eigenvalue weighted by Crippen LogP contribution is -2.46. The van der Waals surface area contributed by atoms with E-state index in [1.807, 2.05) is 18.2 Å². The van der Waals surface area contributed by atoms with Crippen molar-refractivity contribution in [2.75, 3.05) is 32.7 Å². The van der Waals surface area contributed by atoms with Crippen LogP contribution >= 0.6 is 11.3 Å². The minimum absolute atomic E-state index is 0.0316. The summed E-state index contributed by atoms with van der Waals surface area (Å²) in [4.78, 5) is 34.6. The second-order valence-electron chi connectivity index (χ2n) is 9.75. The van der Waals surface area contributed by atoms with Gasteiger partial charge in [-0.05, 0) is 93.0 Å². The fourth-order valence-electron chi connectivity index (χ4n) is 5.55. The molecule has 3 N–H and O–H groups in total. The molecule has 0 unspecified atom stereocenters. The molecule has 0 saturated carbocycles. The van der Waals surface area contributed by atoms with Crippen LogP contribution < -0.4 is 4.74 Å². The van der Waals surface area contributed by atoms with E-state index in [4.69, 9.17) is 24.5 Å². The summed E-state index contributed by atoms with van der Waals surface area (Å²) in [7, 11) is 0. The Hall–Kier alpha value is -3.21. The first kappa shape index (κ1) is 30.3. The maximum absolute atomic E-state index is 11.3. The van der Waals surface area contributed by atoms with Crippen molar-refractivity contribution in [2.45, 2.75) is 57.6 Å². The molecule has 5 rings (SSSR count). The van der Waals surface area contributed by atoms with Crippen LogP contribution in [0.1, 0.15) is 60.1 Å². The smallest absolute Gasteiger partial charge is 0.307 e. The lowest BCUT2D eigenvalue weighted by molar-refractivity contribution is -0.136. The highest BCUT2D eigenvalue weighted by atomic mass is 32.1. The molecule has 1 aromatic heterocycles. The van der Waals surface area contributed by atoms with Crippen molar-refractivity contribution in [1.82, 2.24) is 9.80 Å². The predicted octanol–water partition coefficient (Wildman–Crippen LogP) is 4.44. The molecule has 2 saturated heterocycles. The van der Waals surface area contributed by atoms with E-state index in [1.165, 1.54) is 74.3 Å². The summed E-state index contributed by atoms with van der Waals surface area (Å²) in [5.41, 5.74) is 4.25. The maximum Gasteiger partial charge on any atom is 0.307 e. The van der Waals surface area contributed by atoms with Crippen molar-refractivity contribution >= 4 is 35.8 Å². The molecular weight excluding hydrogens is 520 g/mol. The van der Waals surface area contributed by atoms with Crippen molar-refractivity contribution in [1.29, 1.82) is 0 Å². The molecule has 0 aliphatic carbocycles. The van der Waals surface area contributed by atoms with E-state index in [9.17, 15) is 9.90 Å². The fraction of sp³-hybridized carbons (Fsp3) is 0.483. The van der Waals surface area contributed by atoms with Crippen LogP contribution in [0.3, 0.4) is 0 Å². The number of carboxylic acid groups (broad SMARTS) is 3. The van der Waals surface area contributed by atoms with Gasteiger partial charge in [-0.2, -0.15) is 0 Å². The van der Waals surface area contributed by atoms with Gasteiger partial charge in [0.1, 0.15) is 12.4 Å². The van der Waals surface area contributed by atoms with Gasteiger partial charge in [-0.15, -0.1) is 11.3 Å². The molecule has 0 amide bonds. The number of benzene rings is 1. The van der Waals surface area contributed by atoms with Crippen molar-refractivity contribution in [3.63, 3.8) is 0 Å². The average molecular weight is 559 g/mol. The topological polar surface area (TPSA) is 128 Å². The lowest BCUT2D eigenvalue weighted by Gasteiger charge is -2.40. The van der Waals surface area contributed by atoms with Crippen LogP contribution in [0.2, 0.25) is 0 Å². The van der Waals surface area contributed by atoms with E-state index in [0.29, 0.717) is 6.61 Å². The van der Waals surface area contributed by atoms with Crippen molar-refractivity contribution in [2.24, 2.45) is 0 Å². The summed E-state index contributed by atoms with van der Waals surface area (Å²) in [6.45, 7) is 6.11. The highest BCUT2D eigenvalue weighted by Crippen LogP contribution is 2.40. The van der Waals surface area contributed by atoms with E-state index < -0.39 is 5.97 Å². The molecule has 3 aliphatic heterocycles. The number of carbonyl (C=O) groups is 3. The number of thiophene rings is 1. The molecule has 39 heavy (non-hydrogen) atoms. The van der Waals surface area contributed by atoms with Crippen LogP contribution in [0, 0.1) is 0 Å². The quantitative estimate of drug-likeness (QED) is 0.441. The Morgan fingerprint density at radius 1 is 1.03 bits per heavy atom. The maximum atomic E-state index is 11.3. The average Bonchev–Trinajstić information content (AvgIpc) is 3.35. The Bertz CT molecular complexity index is 1100. The first-order chi connectivity index (χ1) is 19.0. The molecule has 4 heterocycles. The predicted molar refractivity (Wildman–Crippen MR) is 150 cm³/mol. The van der Waals surface area contributed by atoms with Gasteiger partial charge in [0.2, 0.25) is 0 Å². The normalized spacial score (nSPS) is 18.6. The van der Waals surface area contributed by atoms with Gasteiger partial charge in [-0.3, -0.25) is 14.4 Å². The number of ether oxygens (including phenoxy) is 1. The molecule has 10 heteroatoms. The highest BCUT2D eigenvalue weighted by Gasteiger charge is 2.25. The molecule has 0 spiro atoms. The molecule has 212 valence electrons.